The van der Waals surface area contributed by atoms with Gasteiger partial charge in [0, 0.05) is 6.61 Å². The molecule has 0 spiro atoms. The predicted octanol–water partition coefficient (Wildman–Crippen LogP) is 0.168. The van der Waals surface area contributed by atoms with Gasteiger partial charge in [0.05, 0.1) is 13.2 Å². The lowest BCUT2D eigenvalue weighted by Crippen LogP contribution is -2.12. The second kappa shape index (κ2) is 10.1. The fraction of sp³-hybridized carbons (Fsp3) is 1.00. The molecule has 2 radical (unpaired) electrons. The first-order valence-electron chi connectivity index (χ1n) is 4.51. The van der Waals surface area contributed by atoms with E-state index in [9.17, 15) is 0 Å². The van der Waals surface area contributed by atoms with Crippen LogP contribution in [-0.2, 0) is 9.47 Å². The highest BCUT2D eigenvalue weighted by Crippen LogP contribution is 1.94. The molecule has 1 atom stereocenters. The quantitative estimate of drug-likeness (QED) is 0.321. The second-order valence-electron chi connectivity index (χ2n) is 2.70. The van der Waals surface area contributed by atoms with E-state index in [1.807, 2.05) is 0 Å². The van der Waals surface area contributed by atoms with Crippen LogP contribution < -0.4 is 0 Å². The molecule has 0 aliphatic heterocycles. The molecule has 0 aromatic carbocycles. The van der Waals surface area contributed by atoms with Crippen molar-refractivity contribution >= 4 is 9.76 Å². The molecule has 0 rings (SSSR count). The topological polar surface area (TPSA) is 58.9 Å². The molecule has 1 unspecified atom stereocenters. The standard InChI is InChI=1S/C8H18O4Si/c1-8(9)12-6-5-11-4-2-3-7-13-10/h8-10H,2-7H2,1H3. The lowest BCUT2D eigenvalue weighted by Gasteiger charge is -2.06. The van der Waals surface area contributed by atoms with E-state index in [1.165, 1.54) is 0 Å². The summed E-state index contributed by atoms with van der Waals surface area (Å²) in [5, 5.41) is 8.72. The summed E-state index contributed by atoms with van der Waals surface area (Å²) in [5.41, 5.74) is 0. The zero-order chi connectivity index (χ0) is 9.94. The molecule has 4 nitrogen and oxygen atoms in total. The maximum absolute atomic E-state index is 8.72. The summed E-state index contributed by atoms with van der Waals surface area (Å²) < 4.78 is 10.1. The first-order chi connectivity index (χ1) is 6.27. The summed E-state index contributed by atoms with van der Waals surface area (Å²) in [7, 11) is 0.0533. The van der Waals surface area contributed by atoms with Gasteiger partial charge in [-0.15, -0.1) is 0 Å². The Labute approximate surface area is 81.8 Å². The van der Waals surface area contributed by atoms with E-state index in [4.69, 9.17) is 19.4 Å². The summed E-state index contributed by atoms with van der Waals surface area (Å²) in [6.45, 7) is 3.22. The van der Waals surface area contributed by atoms with Gasteiger partial charge in [0.25, 0.3) is 0 Å². The molecular formula is C8H18O4Si. The minimum atomic E-state index is -0.709. The minimum absolute atomic E-state index is 0.0533. The van der Waals surface area contributed by atoms with Gasteiger partial charge >= 0.3 is 0 Å². The van der Waals surface area contributed by atoms with Crippen LogP contribution in [0.25, 0.3) is 0 Å². The van der Waals surface area contributed by atoms with E-state index in [-0.39, 0.29) is 9.76 Å². The Morgan fingerprint density at radius 1 is 1.23 bits per heavy atom. The van der Waals surface area contributed by atoms with Gasteiger partial charge in [-0.3, -0.25) is 0 Å². The van der Waals surface area contributed by atoms with Gasteiger partial charge in [0.15, 0.2) is 6.29 Å². The third-order valence-corrected chi connectivity index (χ3v) is 1.99. The third-order valence-electron chi connectivity index (χ3n) is 1.41. The molecule has 5 heteroatoms. The molecule has 0 saturated heterocycles. The molecule has 0 saturated carbocycles. The number of hydrogen-bond donors (Lipinski definition) is 2. The van der Waals surface area contributed by atoms with Crippen LogP contribution in [0.5, 0.6) is 0 Å². The van der Waals surface area contributed by atoms with Crippen molar-refractivity contribution in [3.8, 4) is 0 Å². The van der Waals surface area contributed by atoms with E-state index in [1.54, 1.807) is 6.92 Å². The summed E-state index contributed by atoms with van der Waals surface area (Å²) in [5.74, 6) is 0. The van der Waals surface area contributed by atoms with E-state index in [2.05, 4.69) is 0 Å². The number of aliphatic hydroxyl groups excluding tert-OH is 1. The van der Waals surface area contributed by atoms with Crippen LogP contribution >= 0.6 is 0 Å². The van der Waals surface area contributed by atoms with Crippen molar-refractivity contribution in [1.29, 1.82) is 0 Å². The van der Waals surface area contributed by atoms with E-state index in [0.29, 0.717) is 19.8 Å². The number of hydrogen-bond acceptors (Lipinski definition) is 4. The first-order valence-corrected chi connectivity index (χ1v) is 5.67. The number of ether oxygens (including phenoxy) is 2. The maximum atomic E-state index is 8.72. The molecule has 78 valence electrons. The molecule has 0 bridgehead atoms. The van der Waals surface area contributed by atoms with Gasteiger partial charge < -0.3 is 19.4 Å². The largest absolute Gasteiger partial charge is 0.432 e. The SMILES string of the molecule is CC(O)OCCOCCCC[Si]O. The molecule has 0 aromatic heterocycles. The smallest absolute Gasteiger partial charge is 0.224 e. The molecule has 0 aromatic rings. The van der Waals surface area contributed by atoms with Crippen molar-refractivity contribution in [3.05, 3.63) is 0 Å². The predicted molar refractivity (Wildman–Crippen MR) is 50.5 cm³/mol. The highest BCUT2D eigenvalue weighted by Gasteiger charge is 1.94. The maximum Gasteiger partial charge on any atom is 0.224 e. The molecule has 2 N–H and O–H groups in total. The fourth-order valence-electron chi connectivity index (χ4n) is 0.788. The Balaban J connectivity index is 2.84. The van der Waals surface area contributed by atoms with E-state index < -0.39 is 6.29 Å². The third kappa shape index (κ3) is 12.1. The van der Waals surface area contributed by atoms with E-state index >= 15 is 0 Å². The number of rotatable bonds is 9. The van der Waals surface area contributed by atoms with Gasteiger partial charge in [-0.05, 0) is 19.4 Å². The van der Waals surface area contributed by atoms with Gasteiger partial charge in [-0.1, -0.05) is 6.42 Å². The Kier molecular flexibility index (Phi) is 10.2. The molecule has 0 aliphatic rings. The molecule has 0 amide bonds. The average Bonchev–Trinajstić information content (AvgIpc) is 2.09. The lowest BCUT2D eigenvalue weighted by atomic mass is 10.4. The van der Waals surface area contributed by atoms with Crippen LogP contribution in [0.1, 0.15) is 19.8 Å². The van der Waals surface area contributed by atoms with Crippen LogP contribution in [0.4, 0.5) is 0 Å². The summed E-state index contributed by atoms with van der Waals surface area (Å²) in [6, 6.07) is 0.869. The summed E-state index contributed by atoms with van der Waals surface area (Å²) in [4.78, 5) is 8.51. The van der Waals surface area contributed by atoms with Crippen LogP contribution in [0.15, 0.2) is 0 Å². The molecule has 0 aliphatic carbocycles. The number of aliphatic hydroxyl groups is 1. The van der Waals surface area contributed by atoms with Crippen molar-refractivity contribution in [3.63, 3.8) is 0 Å². The van der Waals surface area contributed by atoms with Crippen molar-refractivity contribution in [2.24, 2.45) is 0 Å². The van der Waals surface area contributed by atoms with Crippen molar-refractivity contribution in [2.75, 3.05) is 19.8 Å². The van der Waals surface area contributed by atoms with Gasteiger partial charge in [-0.25, -0.2) is 0 Å². The summed E-state index contributed by atoms with van der Waals surface area (Å²) >= 11 is 0. The van der Waals surface area contributed by atoms with Crippen molar-refractivity contribution in [1.82, 2.24) is 0 Å². The van der Waals surface area contributed by atoms with Crippen LogP contribution in [-0.4, -0.2) is 45.8 Å². The highest BCUT2D eigenvalue weighted by molar-refractivity contribution is 6.25. The Hall–Kier alpha value is 0.0569. The lowest BCUT2D eigenvalue weighted by molar-refractivity contribution is -0.0994. The van der Waals surface area contributed by atoms with Gasteiger partial charge in [0.2, 0.25) is 9.76 Å². The van der Waals surface area contributed by atoms with Crippen molar-refractivity contribution < 1.29 is 19.4 Å². The normalized spacial score (nSPS) is 13.2. The van der Waals surface area contributed by atoms with Crippen LogP contribution in [0, 0.1) is 0 Å². The Morgan fingerprint density at radius 2 is 2.00 bits per heavy atom. The van der Waals surface area contributed by atoms with Crippen LogP contribution in [0.2, 0.25) is 6.04 Å². The zero-order valence-electron chi connectivity index (χ0n) is 8.03. The monoisotopic (exact) mass is 206 g/mol. The molecule has 0 fully saturated rings. The fourth-order valence-corrected chi connectivity index (χ4v) is 1.20. The molecule has 0 heterocycles. The Morgan fingerprint density at radius 3 is 2.62 bits per heavy atom. The Bertz CT molecular complexity index is 100. The van der Waals surface area contributed by atoms with E-state index in [0.717, 1.165) is 18.9 Å². The van der Waals surface area contributed by atoms with Crippen molar-refractivity contribution in [2.45, 2.75) is 32.1 Å². The molecule has 13 heavy (non-hydrogen) atoms. The zero-order valence-corrected chi connectivity index (χ0v) is 9.03. The number of unbranched alkanes of at least 4 members (excludes halogenated alkanes) is 1. The molecular weight excluding hydrogens is 188 g/mol. The second-order valence-corrected chi connectivity index (χ2v) is 3.51. The summed E-state index contributed by atoms with van der Waals surface area (Å²) in [6.07, 6.45) is 1.27. The van der Waals surface area contributed by atoms with Crippen LogP contribution in [0.3, 0.4) is 0 Å². The minimum Gasteiger partial charge on any atom is -0.432 e. The van der Waals surface area contributed by atoms with Gasteiger partial charge in [0.1, 0.15) is 0 Å². The average molecular weight is 206 g/mol. The first kappa shape index (κ1) is 13.1. The van der Waals surface area contributed by atoms with Gasteiger partial charge in [-0.2, -0.15) is 0 Å². The highest BCUT2D eigenvalue weighted by atomic mass is 28.2.